The van der Waals surface area contributed by atoms with Gasteiger partial charge in [0.2, 0.25) is 5.91 Å². The van der Waals surface area contributed by atoms with Gasteiger partial charge >= 0.3 is 0 Å². The number of amides is 1. The Labute approximate surface area is 121 Å². The van der Waals surface area contributed by atoms with E-state index < -0.39 is 6.04 Å². The van der Waals surface area contributed by atoms with E-state index in [2.05, 4.69) is 12.1 Å². The first-order valence-corrected chi connectivity index (χ1v) is 7.15. The summed E-state index contributed by atoms with van der Waals surface area (Å²) in [6.45, 7) is 5.12. The van der Waals surface area contributed by atoms with Gasteiger partial charge in [-0.15, -0.1) is 0 Å². The van der Waals surface area contributed by atoms with E-state index in [1.807, 2.05) is 32.0 Å². The van der Waals surface area contributed by atoms with Crippen LogP contribution in [-0.2, 0) is 16.0 Å². The molecule has 0 aliphatic heterocycles. The van der Waals surface area contributed by atoms with E-state index in [1.54, 1.807) is 12.0 Å². The lowest BCUT2D eigenvalue weighted by molar-refractivity contribution is -0.135. The van der Waals surface area contributed by atoms with Crippen molar-refractivity contribution in [1.82, 2.24) is 4.90 Å². The number of methoxy groups -OCH3 is 1. The molecule has 4 heteroatoms. The molecule has 1 amide bonds. The predicted molar refractivity (Wildman–Crippen MR) is 81.5 cm³/mol. The van der Waals surface area contributed by atoms with Crippen molar-refractivity contribution in [2.24, 2.45) is 5.73 Å². The van der Waals surface area contributed by atoms with Crippen LogP contribution in [0, 0.1) is 0 Å². The van der Waals surface area contributed by atoms with Crippen molar-refractivity contribution < 1.29 is 9.53 Å². The van der Waals surface area contributed by atoms with Crippen molar-refractivity contribution >= 4 is 5.91 Å². The highest BCUT2D eigenvalue weighted by Crippen LogP contribution is 2.08. The Morgan fingerprint density at radius 2 is 1.95 bits per heavy atom. The molecule has 0 saturated heterocycles. The van der Waals surface area contributed by atoms with Gasteiger partial charge in [0.15, 0.2) is 0 Å². The van der Waals surface area contributed by atoms with Crippen LogP contribution >= 0.6 is 0 Å². The van der Waals surface area contributed by atoms with Gasteiger partial charge in [0.05, 0.1) is 12.6 Å². The molecule has 0 fully saturated rings. The van der Waals surface area contributed by atoms with E-state index in [4.69, 9.17) is 10.5 Å². The summed E-state index contributed by atoms with van der Waals surface area (Å²) in [6.07, 6.45) is 1.49. The van der Waals surface area contributed by atoms with Crippen LogP contribution in [0.5, 0.6) is 0 Å². The third-order valence-electron chi connectivity index (χ3n) is 3.35. The summed E-state index contributed by atoms with van der Waals surface area (Å²) in [5.41, 5.74) is 7.26. The minimum atomic E-state index is -0.450. The predicted octanol–water partition coefficient (Wildman–Crippen LogP) is 1.83. The molecule has 0 radical (unpaired) electrons. The van der Waals surface area contributed by atoms with Crippen LogP contribution in [0.25, 0.3) is 0 Å². The van der Waals surface area contributed by atoms with E-state index in [0.717, 1.165) is 6.42 Å². The van der Waals surface area contributed by atoms with Gasteiger partial charge in [-0.1, -0.05) is 30.3 Å². The lowest BCUT2D eigenvalue weighted by atomic mass is 10.0. The molecular weight excluding hydrogens is 252 g/mol. The van der Waals surface area contributed by atoms with E-state index >= 15 is 0 Å². The quantitative estimate of drug-likeness (QED) is 0.789. The van der Waals surface area contributed by atoms with Crippen LogP contribution in [-0.4, -0.2) is 43.2 Å². The topological polar surface area (TPSA) is 55.6 Å². The molecule has 0 aliphatic rings. The minimum Gasteiger partial charge on any atom is -0.383 e. The van der Waals surface area contributed by atoms with Gasteiger partial charge < -0.3 is 15.4 Å². The maximum atomic E-state index is 12.4. The number of hydrogen-bond donors (Lipinski definition) is 1. The van der Waals surface area contributed by atoms with E-state index in [9.17, 15) is 4.79 Å². The summed E-state index contributed by atoms with van der Waals surface area (Å²) in [6, 6.07) is 9.79. The second-order valence-electron chi connectivity index (χ2n) is 5.25. The second-order valence-corrected chi connectivity index (χ2v) is 5.25. The van der Waals surface area contributed by atoms with E-state index in [1.165, 1.54) is 5.56 Å². The standard InChI is InChI=1S/C16H26N2O2/c1-13(2)18(11-12-20-3)16(19)15(17)10-9-14-7-5-4-6-8-14/h4-8,13,15H,9-12,17H2,1-3H3. The third-order valence-corrected chi connectivity index (χ3v) is 3.35. The van der Waals surface area contributed by atoms with Gasteiger partial charge in [-0.05, 0) is 32.3 Å². The minimum absolute atomic E-state index is 0.00739. The molecule has 2 N–H and O–H groups in total. The molecule has 4 nitrogen and oxygen atoms in total. The number of carbonyl (C=O) groups excluding carboxylic acids is 1. The fourth-order valence-corrected chi connectivity index (χ4v) is 2.12. The Kier molecular flexibility index (Phi) is 7.26. The molecule has 0 heterocycles. The summed E-state index contributed by atoms with van der Waals surface area (Å²) in [7, 11) is 1.64. The molecule has 0 saturated carbocycles. The van der Waals surface area contributed by atoms with Gasteiger partial charge in [0.1, 0.15) is 0 Å². The summed E-state index contributed by atoms with van der Waals surface area (Å²) in [5.74, 6) is 0.00739. The summed E-state index contributed by atoms with van der Waals surface area (Å²) < 4.78 is 5.05. The zero-order valence-corrected chi connectivity index (χ0v) is 12.7. The number of benzene rings is 1. The van der Waals surface area contributed by atoms with Crippen LogP contribution in [0.15, 0.2) is 30.3 Å². The van der Waals surface area contributed by atoms with Crippen LogP contribution in [0.1, 0.15) is 25.8 Å². The Bertz CT molecular complexity index is 393. The van der Waals surface area contributed by atoms with Crippen molar-refractivity contribution in [3.05, 3.63) is 35.9 Å². The number of carbonyl (C=O) groups is 1. The molecule has 1 atom stereocenters. The second kappa shape index (κ2) is 8.72. The molecular formula is C16H26N2O2. The summed E-state index contributed by atoms with van der Waals surface area (Å²) >= 11 is 0. The molecule has 20 heavy (non-hydrogen) atoms. The number of nitrogens with two attached hydrogens (primary N) is 1. The van der Waals surface area contributed by atoms with Crippen LogP contribution in [0.4, 0.5) is 0 Å². The number of aryl methyl sites for hydroxylation is 1. The Morgan fingerprint density at radius 3 is 2.50 bits per heavy atom. The fourth-order valence-electron chi connectivity index (χ4n) is 2.12. The SMILES string of the molecule is COCCN(C(=O)C(N)CCc1ccccc1)C(C)C. The zero-order valence-electron chi connectivity index (χ0n) is 12.7. The van der Waals surface area contributed by atoms with Crippen molar-refractivity contribution in [3.63, 3.8) is 0 Å². The maximum Gasteiger partial charge on any atom is 0.239 e. The fraction of sp³-hybridized carbons (Fsp3) is 0.562. The van der Waals surface area contributed by atoms with Gasteiger partial charge in [-0.25, -0.2) is 0 Å². The summed E-state index contributed by atoms with van der Waals surface area (Å²) in [5, 5.41) is 0. The molecule has 0 bridgehead atoms. The van der Waals surface area contributed by atoms with E-state index in [-0.39, 0.29) is 11.9 Å². The highest BCUT2D eigenvalue weighted by Gasteiger charge is 2.22. The highest BCUT2D eigenvalue weighted by atomic mass is 16.5. The largest absolute Gasteiger partial charge is 0.383 e. The van der Waals surface area contributed by atoms with Crippen LogP contribution in [0.2, 0.25) is 0 Å². The number of ether oxygens (including phenoxy) is 1. The Balaban J connectivity index is 2.51. The van der Waals surface area contributed by atoms with Gasteiger partial charge in [0.25, 0.3) is 0 Å². The molecule has 1 unspecified atom stereocenters. The van der Waals surface area contributed by atoms with Crippen molar-refractivity contribution in [2.45, 2.75) is 38.8 Å². The first kappa shape index (κ1) is 16.7. The molecule has 1 rings (SSSR count). The molecule has 0 aromatic heterocycles. The summed E-state index contributed by atoms with van der Waals surface area (Å²) in [4.78, 5) is 14.1. The number of rotatable bonds is 8. The maximum absolute atomic E-state index is 12.4. The van der Waals surface area contributed by atoms with Crippen molar-refractivity contribution in [1.29, 1.82) is 0 Å². The Hall–Kier alpha value is -1.39. The van der Waals surface area contributed by atoms with Crippen molar-refractivity contribution in [3.8, 4) is 0 Å². The lowest BCUT2D eigenvalue weighted by Crippen LogP contribution is -2.48. The Morgan fingerprint density at radius 1 is 1.30 bits per heavy atom. The molecule has 0 aliphatic carbocycles. The average Bonchev–Trinajstić information content (AvgIpc) is 2.45. The molecule has 1 aromatic rings. The monoisotopic (exact) mass is 278 g/mol. The average molecular weight is 278 g/mol. The number of nitrogens with zero attached hydrogens (tertiary/aromatic N) is 1. The normalized spacial score (nSPS) is 12.4. The van der Waals surface area contributed by atoms with Gasteiger partial charge in [-0.2, -0.15) is 0 Å². The van der Waals surface area contributed by atoms with Crippen LogP contribution in [0.3, 0.4) is 0 Å². The molecule has 1 aromatic carbocycles. The highest BCUT2D eigenvalue weighted by molar-refractivity contribution is 5.81. The van der Waals surface area contributed by atoms with Gasteiger partial charge in [-0.3, -0.25) is 4.79 Å². The third kappa shape index (κ3) is 5.31. The van der Waals surface area contributed by atoms with Crippen LogP contribution < -0.4 is 5.73 Å². The van der Waals surface area contributed by atoms with Gasteiger partial charge in [0, 0.05) is 19.7 Å². The zero-order chi connectivity index (χ0) is 15.0. The first-order valence-electron chi connectivity index (χ1n) is 7.15. The smallest absolute Gasteiger partial charge is 0.239 e. The van der Waals surface area contributed by atoms with E-state index in [0.29, 0.717) is 19.6 Å². The van der Waals surface area contributed by atoms with Crippen molar-refractivity contribution in [2.75, 3.05) is 20.3 Å². The lowest BCUT2D eigenvalue weighted by Gasteiger charge is -2.29. The molecule has 0 spiro atoms. The molecule has 112 valence electrons. The number of hydrogen-bond acceptors (Lipinski definition) is 3. The first-order chi connectivity index (χ1) is 9.56.